The highest BCUT2D eigenvalue weighted by atomic mass is 35.5. The van der Waals surface area contributed by atoms with Crippen LogP contribution in [-0.2, 0) is 17.8 Å². The SMILES string of the molecule is CCCCc1ncc(/C(C)=C(/C(=O)O)c2ccc(C)o2)n1Cc1ccccc1Cl. The monoisotopic (exact) mass is 412 g/mol. The van der Waals surface area contributed by atoms with Gasteiger partial charge < -0.3 is 14.1 Å². The van der Waals surface area contributed by atoms with Gasteiger partial charge in [-0.2, -0.15) is 0 Å². The Morgan fingerprint density at radius 1 is 1.24 bits per heavy atom. The maximum atomic E-state index is 12.1. The minimum absolute atomic E-state index is 0.139. The molecule has 0 aliphatic rings. The third-order valence-corrected chi connectivity index (χ3v) is 5.31. The number of carbonyl (C=O) groups is 1. The van der Waals surface area contributed by atoms with Crippen LogP contribution in [0.2, 0.25) is 5.02 Å². The van der Waals surface area contributed by atoms with Crippen LogP contribution in [0.15, 0.2) is 47.0 Å². The molecule has 0 aliphatic heterocycles. The fourth-order valence-corrected chi connectivity index (χ4v) is 3.56. The van der Waals surface area contributed by atoms with Crippen molar-refractivity contribution in [1.82, 2.24) is 9.55 Å². The van der Waals surface area contributed by atoms with Gasteiger partial charge in [0, 0.05) is 11.4 Å². The van der Waals surface area contributed by atoms with E-state index >= 15 is 0 Å². The van der Waals surface area contributed by atoms with E-state index in [2.05, 4.69) is 16.5 Å². The van der Waals surface area contributed by atoms with Crippen molar-refractivity contribution < 1.29 is 14.3 Å². The Morgan fingerprint density at radius 2 is 2.00 bits per heavy atom. The molecule has 0 spiro atoms. The van der Waals surface area contributed by atoms with Crippen molar-refractivity contribution in [2.75, 3.05) is 0 Å². The molecular weight excluding hydrogens is 388 g/mol. The molecule has 0 unspecified atom stereocenters. The second kappa shape index (κ2) is 9.14. The highest BCUT2D eigenvalue weighted by Gasteiger charge is 2.22. The Bertz CT molecular complexity index is 1050. The zero-order chi connectivity index (χ0) is 21.0. The number of carboxylic acid groups (broad SMARTS) is 1. The van der Waals surface area contributed by atoms with E-state index < -0.39 is 5.97 Å². The number of imidazole rings is 1. The van der Waals surface area contributed by atoms with E-state index in [0.29, 0.717) is 28.7 Å². The molecule has 5 nitrogen and oxygen atoms in total. The average Bonchev–Trinajstić information content (AvgIpc) is 3.28. The van der Waals surface area contributed by atoms with Gasteiger partial charge in [-0.1, -0.05) is 43.1 Å². The number of hydrogen-bond acceptors (Lipinski definition) is 3. The molecule has 29 heavy (non-hydrogen) atoms. The van der Waals surface area contributed by atoms with Crippen molar-refractivity contribution in [3.8, 4) is 0 Å². The van der Waals surface area contributed by atoms with E-state index in [1.807, 2.05) is 24.3 Å². The van der Waals surface area contributed by atoms with E-state index in [1.54, 1.807) is 32.2 Å². The summed E-state index contributed by atoms with van der Waals surface area (Å²) in [4.78, 5) is 16.7. The molecule has 152 valence electrons. The molecule has 1 aromatic carbocycles. The van der Waals surface area contributed by atoms with Crippen LogP contribution >= 0.6 is 11.6 Å². The number of benzene rings is 1. The molecule has 0 atom stereocenters. The number of rotatable bonds is 8. The highest BCUT2D eigenvalue weighted by Crippen LogP contribution is 2.30. The molecule has 6 heteroatoms. The fourth-order valence-electron chi connectivity index (χ4n) is 3.37. The van der Waals surface area contributed by atoms with Crippen molar-refractivity contribution in [3.05, 3.63) is 76.2 Å². The maximum Gasteiger partial charge on any atom is 0.339 e. The van der Waals surface area contributed by atoms with Gasteiger partial charge in [0.2, 0.25) is 0 Å². The van der Waals surface area contributed by atoms with Gasteiger partial charge >= 0.3 is 5.97 Å². The second-order valence-corrected chi connectivity index (χ2v) is 7.46. The van der Waals surface area contributed by atoms with Gasteiger partial charge in [0.1, 0.15) is 22.9 Å². The molecule has 0 saturated heterocycles. The smallest absolute Gasteiger partial charge is 0.339 e. The van der Waals surface area contributed by atoms with Gasteiger partial charge in [0.25, 0.3) is 0 Å². The lowest BCUT2D eigenvalue weighted by molar-refractivity contribution is -0.130. The number of nitrogens with zero attached hydrogens (tertiary/aromatic N) is 2. The van der Waals surface area contributed by atoms with Crippen LogP contribution < -0.4 is 0 Å². The van der Waals surface area contributed by atoms with Crippen molar-refractivity contribution in [2.45, 2.75) is 46.6 Å². The molecule has 2 aromatic heterocycles. The summed E-state index contributed by atoms with van der Waals surface area (Å²) in [5.41, 5.74) is 2.46. The van der Waals surface area contributed by atoms with Crippen molar-refractivity contribution in [1.29, 1.82) is 0 Å². The third-order valence-electron chi connectivity index (χ3n) is 4.94. The summed E-state index contributed by atoms with van der Waals surface area (Å²) in [6, 6.07) is 11.1. The Hall–Kier alpha value is -2.79. The number of carboxylic acids is 1. The minimum atomic E-state index is -1.03. The second-order valence-electron chi connectivity index (χ2n) is 7.06. The third kappa shape index (κ3) is 4.62. The lowest BCUT2D eigenvalue weighted by Gasteiger charge is -2.15. The van der Waals surface area contributed by atoms with Crippen LogP contribution in [0, 0.1) is 6.92 Å². The van der Waals surface area contributed by atoms with Gasteiger partial charge in [0.05, 0.1) is 18.4 Å². The molecule has 0 saturated carbocycles. The van der Waals surface area contributed by atoms with Crippen molar-refractivity contribution in [3.63, 3.8) is 0 Å². The first-order chi connectivity index (χ1) is 13.9. The summed E-state index contributed by atoms with van der Waals surface area (Å²) in [6.45, 7) is 6.25. The van der Waals surface area contributed by atoms with Crippen LogP contribution in [0.5, 0.6) is 0 Å². The molecule has 0 bridgehead atoms. The summed E-state index contributed by atoms with van der Waals surface area (Å²) >= 11 is 6.39. The lowest BCUT2D eigenvalue weighted by atomic mass is 10.0. The zero-order valence-electron chi connectivity index (χ0n) is 16.9. The molecule has 0 amide bonds. The van der Waals surface area contributed by atoms with E-state index in [4.69, 9.17) is 16.0 Å². The Morgan fingerprint density at radius 3 is 2.62 bits per heavy atom. The van der Waals surface area contributed by atoms with Crippen molar-refractivity contribution >= 4 is 28.7 Å². The van der Waals surface area contributed by atoms with Crippen LogP contribution in [0.25, 0.3) is 11.1 Å². The minimum Gasteiger partial charge on any atom is -0.478 e. The first-order valence-corrected chi connectivity index (χ1v) is 10.1. The Balaban J connectivity index is 2.13. The number of aliphatic carboxylic acids is 1. The topological polar surface area (TPSA) is 68.3 Å². The highest BCUT2D eigenvalue weighted by molar-refractivity contribution is 6.31. The number of allylic oxidation sites excluding steroid dienone is 1. The van der Waals surface area contributed by atoms with Crippen LogP contribution in [0.1, 0.15) is 55.3 Å². The standard InChI is InChI=1S/C23H25ClN2O3/c1-4-5-10-21-25-13-19(26(21)14-17-8-6-7-9-18(17)24)16(3)22(23(27)28)20-12-11-15(2)29-20/h6-9,11-13H,4-5,10,14H2,1-3H3,(H,27,28)/b22-16+. The number of furan rings is 1. The summed E-state index contributed by atoms with van der Waals surface area (Å²) in [5, 5.41) is 10.5. The van der Waals surface area contributed by atoms with Crippen LogP contribution in [-0.4, -0.2) is 20.6 Å². The maximum absolute atomic E-state index is 12.1. The summed E-state index contributed by atoms with van der Waals surface area (Å²) in [5.74, 6) is 0.895. The van der Waals surface area contributed by atoms with Gasteiger partial charge in [0.15, 0.2) is 0 Å². The van der Waals surface area contributed by atoms with E-state index in [1.165, 1.54) is 0 Å². The summed E-state index contributed by atoms with van der Waals surface area (Å²) < 4.78 is 7.67. The summed E-state index contributed by atoms with van der Waals surface area (Å²) in [6.07, 6.45) is 4.62. The fraction of sp³-hybridized carbons (Fsp3) is 0.304. The van der Waals surface area contributed by atoms with E-state index in [9.17, 15) is 9.90 Å². The molecule has 1 N–H and O–H groups in total. The van der Waals surface area contributed by atoms with Crippen molar-refractivity contribution in [2.24, 2.45) is 0 Å². The van der Waals surface area contributed by atoms with E-state index in [-0.39, 0.29) is 5.57 Å². The van der Waals surface area contributed by atoms with Crippen LogP contribution in [0.4, 0.5) is 0 Å². The Kier molecular flexibility index (Phi) is 6.60. The molecule has 0 fully saturated rings. The zero-order valence-corrected chi connectivity index (χ0v) is 17.7. The molecule has 0 aliphatic carbocycles. The van der Waals surface area contributed by atoms with Gasteiger partial charge in [-0.3, -0.25) is 0 Å². The molecule has 3 aromatic rings. The van der Waals surface area contributed by atoms with Gasteiger partial charge in [-0.05, 0) is 49.6 Å². The van der Waals surface area contributed by atoms with Gasteiger partial charge in [-0.15, -0.1) is 0 Å². The molecule has 3 rings (SSSR count). The number of hydrogen-bond donors (Lipinski definition) is 1. The molecular formula is C23H25ClN2O3. The predicted octanol–water partition coefficient (Wildman–Crippen LogP) is 5.84. The largest absolute Gasteiger partial charge is 0.478 e. The quantitative estimate of drug-likeness (QED) is 0.471. The van der Waals surface area contributed by atoms with Crippen LogP contribution in [0.3, 0.4) is 0 Å². The molecule has 0 radical (unpaired) electrons. The lowest BCUT2D eigenvalue weighted by Crippen LogP contribution is -2.10. The number of aryl methyl sites for hydroxylation is 2. The number of unbranched alkanes of at least 4 members (excludes halogenated alkanes) is 1. The number of aromatic nitrogens is 2. The predicted molar refractivity (Wildman–Crippen MR) is 115 cm³/mol. The Labute approximate surface area is 175 Å². The molecule has 2 heterocycles. The van der Waals surface area contributed by atoms with Gasteiger partial charge in [-0.25, -0.2) is 9.78 Å². The number of halogens is 1. The average molecular weight is 413 g/mol. The van der Waals surface area contributed by atoms with E-state index in [0.717, 1.165) is 36.3 Å². The first kappa shape index (κ1) is 20.9. The first-order valence-electron chi connectivity index (χ1n) is 9.71. The normalized spacial score (nSPS) is 12.1. The summed E-state index contributed by atoms with van der Waals surface area (Å²) in [7, 11) is 0.